The van der Waals surface area contributed by atoms with Gasteiger partial charge in [-0.1, -0.05) is 17.8 Å². The number of nitro benzene ring substituents is 1. The average Bonchev–Trinajstić information content (AvgIpc) is 2.39. The number of aromatic nitrogens is 1. The van der Waals surface area contributed by atoms with Crippen molar-refractivity contribution in [3.8, 4) is 0 Å². The first kappa shape index (κ1) is 13.5. The number of pyridine rings is 1. The number of nitro groups is 1. The second kappa shape index (κ2) is 5.81. The molecule has 0 saturated heterocycles. The highest BCUT2D eigenvalue weighted by atomic mass is 32.2. The highest BCUT2D eigenvalue weighted by Gasteiger charge is 2.11. The summed E-state index contributed by atoms with van der Waals surface area (Å²) in [5.74, 6) is 0. The van der Waals surface area contributed by atoms with Crippen LogP contribution in [0.4, 0.5) is 5.69 Å². The number of benzene rings is 1. The van der Waals surface area contributed by atoms with E-state index in [1.165, 1.54) is 23.9 Å². The SMILES string of the molecule is CC(O)c1cccnc1Sc1ccc([N+](=O)[O-])cc1. The van der Waals surface area contributed by atoms with Crippen molar-refractivity contribution in [3.63, 3.8) is 0 Å². The van der Waals surface area contributed by atoms with E-state index in [0.717, 1.165) is 10.5 Å². The van der Waals surface area contributed by atoms with Crippen LogP contribution in [0.1, 0.15) is 18.6 Å². The fraction of sp³-hybridized carbons (Fsp3) is 0.154. The second-order valence-corrected chi connectivity index (χ2v) is 4.99. The van der Waals surface area contributed by atoms with Gasteiger partial charge in [-0.15, -0.1) is 0 Å². The summed E-state index contributed by atoms with van der Waals surface area (Å²) in [5.41, 5.74) is 0.798. The lowest BCUT2D eigenvalue weighted by molar-refractivity contribution is -0.384. The van der Waals surface area contributed by atoms with Crippen molar-refractivity contribution in [1.82, 2.24) is 4.98 Å². The van der Waals surface area contributed by atoms with E-state index in [0.29, 0.717) is 5.03 Å². The molecule has 0 aliphatic carbocycles. The zero-order valence-corrected chi connectivity index (χ0v) is 11.0. The lowest BCUT2D eigenvalue weighted by Crippen LogP contribution is -1.95. The first-order valence-electron chi connectivity index (χ1n) is 5.63. The highest BCUT2D eigenvalue weighted by molar-refractivity contribution is 7.99. The van der Waals surface area contributed by atoms with Gasteiger partial charge >= 0.3 is 0 Å². The Morgan fingerprint density at radius 3 is 2.58 bits per heavy atom. The molecule has 1 N–H and O–H groups in total. The van der Waals surface area contributed by atoms with Crippen molar-refractivity contribution < 1.29 is 10.0 Å². The molecular weight excluding hydrogens is 264 g/mol. The van der Waals surface area contributed by atoms with E-state index in [1.54, 1.807) is 31.3 Å². The number of aliphatic hydroxyl groups excluding tert-OH is 1. The van der Waals surface area contributed by atoms with Crippen LogP contribution in [-0.2, 0) is 0 Å². The number of nitrogens with zero attached hydrogens (tertiary/aromatic N) is 2. The molecule has 0 aliphatic rings. The van der Waals surface area contributed by atoms with Crippen LogP contribution in [0.3, 0.4) is 0 Å². The highest BCUT2D eigenvalue weighted by Crippen LogP contribution is 2.32. The number of aliphatic hydroxyl groups is 1. The third-order valence-corrected chi connectivity index (χ3v) is 3.56. The van der Waals surface area contributed by atoms with Gasteiger partial charge in [0.15, 0.2) is 0 Å². The molecule has 6 heteroatoms. The Bertz CT molecular complexity index is 585. The number of hydrogen-bond donors (Lipinski definition) is 1. The summed E-state index contributed by atoms with van der Waals surface area (Å²) in [4.78, 5) is 15.2. The summed E-state index contributed by atoms with van der Waals surface area (Å²) in [7, 11) is 0. The molecule has 0 bridgehead atoms. The van der Waals surface area contributed by atoms with Gasteiger partial charge in [0.25, 0.3) is 5.69 Å². The summed E-state index contributed by atoms with van der Waals surface area (Å²) in [6.07, 6.45) is 1.05. The summed E-state index contributed by atoms with van der Waals surface area (Å²) < 4.78 is 0. The Hall–Kier alpha value is -1.92. The van der Waals surface area contributed by atoms with Crippen LogP contribution in [-0.4, -0.2) is 15.0 Å². The van der Waals surface area contributed by atoms with Crippen molar-refractivity contribution in [2.24, 2.45) is 0 Å². The van der Waals surface area contributed by atoms with E-state index in [9.17, 15) is 15.2 Å². The predicted octanol–water partition coefficient (Wildman–Crippen LogP) is 3.19. The van der Waals surface area contributed by atoms with Crippen LogP contribution < -0.4 is 0 Å². The molecule has 0 radical (unpaired) electrons. The van der Waals surface area contributed by atoms with Gasteiger partial charge in [0.05, 0.1) is 11.0 Å². The second-order valence-electron chi connectivity index (χ2n) is 3.93. The maximum Gasteiger partial charge on any atom is 0.269 e. The minimum absolute atomic E-state index is 0.0566. The molecule has 1 heterocycles. The molecule has 1 aromatic heterocycles. The minimum atomic E-state index is -0.603. The summed E-state index contributed by atoms with van der Waals surface area (Å²) >= 11 is 1.37. The van der Waals surface area contributed by atoms with Gasteiger partial charge in [0.1, 0.15) is 5.03 Å². The third kappa shape index (κ3) is 3.30. The zero-order chi connectivity index (χ0) is 13.8. The molecule has 0 aliphatic heterocycles. The van der Waals surface area contributed by atoms with Crippen LogP contribution in [0.2, 0.25) is 0 Å². The van der Waals surface area contributed by atoms with E-state index >= 15 is 0 Å². The molecule has 1 atom stereocenters. The minimum Gasteiger partial charge on any atom is -0.389 e. The van der Waals surface area contributed by atoms with Crippen LogP contribution in [0, 0.1) is 10.1 Å². The Morgan fingerprint density at radius 2 is 2.00 bits per heavy atom. The first-order chi connectivity index (χ1) is 9.08. The fourth-order valence-corrected chi connectivity index (χ4v) is 2.52. The average molecular weight is 276 g/mol. The van der Waals surface area contributed by atoms with Gasteiger partial charge in [0, 0.05) is 28.8 Å². The Balaban J connectivity index is 2.24. The van der Waals surface area contributed by atoms with Gasteiger partial charge in [-0.25, -0.2) is 4.98 Å². The maximum atomic E-state index is 10.6. The molecule has 0 spiro atoms. The Kier molecular flexibility index (Phi) is 4.13. The van der Waals surface area contributed by atoms with Gasteiger partial charge in [0.2, 0.25) is 0 Å². The molecular formula is C13H12N2O3S. The molecule has 1 aromatic carbocycles. The number of non-ortho nitro benzene ring substituents is 1. The molecule has 5 nitrogen and oxygen atoms in total. The van der Waals surface area contributed by atoms with E-state index in [4.69, 9.17) is 0 Å². The molecule has 1 unspecified atom stereocenters. The van der Waals surface area contributed by atoms with E-state index in [1.807, 2.05) is 6.07 Å². The quantitative estimate of drug-likeness (QED) is 0.685. The van der Waals surface area contributed by atoms with Crippen molar-refractivity contribution in [2.45, 2.75) is 22.9 Å². The van der Waals surface area contributed by atoms with Gasteiger partial charge < -0.3 is 5.11 Å². The predicted molar refractivity (Wildman–Crippen MR) is 72.1 cm³/mol. The van der Waals surface area contributed by atoms with Gasteiger partial charge in [-0.05, 0) is 25.1 Å². The zero-order valence-electron chi connectivity index (χ0n) is 10.2. The summed E-state index contributed by atoms with van der Waals surface area (Å²) in [6.45, 7) is 1.68. The van der Waals surface area contributed by atoms with Crippen molar-refractivity contribution >= 4 is 17.4 Å². The van der Waals surface area contributed by atoms with Crippen molar-refractivity contribution in [3.05, 3.63) is 58.3 Å². The molecule has 0 fully saturated rings. The smallest absolute Gasteiger partial charge is 0.269 e. The van der Waals surface area contributed by atoms with Crippen molar-refractivity contribution in [1.29, 1.82) is 0 Å². The number of hydrogen-bond acceptors (Lipinski definition) is 5. The molecule has 2 rings (SSSR count). The van der Waals surface area contributed by atoms with Gasteiger partial charge in [-0.3, -0.25) is 10.1 Å². The first-order valence-corrected chi connectivity index (χ1v) is 6.45. The van der Waals surface area contributed by atoms with Crippen LogP contribution >= 0.6 is 11.8 Å². The largest absolute Gasteiger partial charge is 0.389 e. The lowest BCUT2D eigenvalue weighted by atomic mass is 10.2. The van der Waals surface area contributed by atoms with Crippen molar-refractivity contribution in [2.75, 3.05) is 0 Å². The summed E-state index contributed by atoms with van der Waals surface area (Å²) in [6, 6.07) is 9.82. The third-order valence-electron chi connectivity index (χ3n) is 2.51. The standard InChI is InChI=1S/C13H12N2O3S/c1-9(16)12-3-2-8-14-13(12)19-11-6-4-10(5-7-11)15(17)18/h2-9,16H,1H3. The van der Waals surface area contributed by atoms with Crippen LogP contribution in [0.15, 0.2) is 52.5 Å². The summed E-state index contributed by atoms with van der Waals surface area (Å²) in [5, 5.41) is 20.9. The van der Waals surface area contributed by atoms with Crippen LogP contribution in [0.25, 0.3) is 0 Å². The Labute approximate surface area is 114 Å². The molecule has 0 saturated carbocycles. The molecule has 19 heavy (non-hydrogen) atoms. The normalized spacial score (nSPS) is 12.1. The van der Waals surface area contributed by atoms with Crippen LogP contribution in [0.5, 0.6) is 0 Å². The van der Waals surface area contributed by atoms with E-state index in [-0.39, 0.29) is 5.69 Å². The van der Waals surface area contributed by atoms with E-state index in [2.05, 4.69) is 4.98 Å². The molecule has 2 aromatic rings. The lowest BCUT2D eigenvalue weighted by Gasteiger charge is -2.09. The monoisotopic (exact) mass is 276 g/mol. The fourth-order valence-electron chi connectivity index (χ4n) is 1.55. The maximum absolute atomic E-state index is 10.6. The molecule has 0 amide bonds. The Morgan fingerprint density at radius 1 is 1.32 bits per heavy atom. The van der Waals surface area contributed by atoms with Gasteiger partial charge in [-0.2, -0.15) is 0 Å². The topological polar surface area (TPSA) is 76.3 Å². The molecule has 98 valence electrons. The van der Waals surface area contributed by atoms with E-state index < -0.39 is 11.0 Å². The number of rotatable bonds is 4.